The molecule has 2 N–H and O–H groups in total. The van der Waals surface area contributed by atoms with Crippen LogP contribution in [0.1, 0.15) is 28.6 Å². The normalized spacial score (nSPS) is 11.9. The maximum absolute atomic E-state index is 12.0. The number of hydrogen-bond donors (Lipinski definition) is 2. The molecule has 1 unspecified atom stereocenters. The van der Waals surface area contributed by atoms with Gasteiger partial charge in [-0.15, -0.1) is 0 Å². The first-order chi connectivity index (χ1) is 9.97. The van der Waals surface area contributed by atoms with Crippen molar-refractivity contribution in [2.75, 3.05) is 0 Å². The number of hydrogen-bond acceptors (Lipinski definition) is 5. The average Bonchev–Trinajstić information content (AvgIpc) is 2.81. The fraction of sp³-hybridized carbons (Fsp3) is 0.286. The van der Waals surface area contributed by atoms with Gasteiger partial charge in [-0.2, -0.15) is 0 Å². The van der Waals surface area contributed by atoms with Crippen LogP contribution in [0.25, 0.3) is 0 Å². The molecule has 0 aliphatic rings. The number of nitrogens with one attached hydrogen (secondary N) is 1. The Hall–Kier alpha value is -2.70. The van der Waals surface area contributed by atoms with E-state index in [1.54, 1.807) is 25.1 Å². The fourth-order valence-electron chi connectivity index (χ4n) is 1.91. The van der Waals surface area contributed by atoms with Gasteiger partial charge < -0.3 is 10.4 Å². The van der Waals surface area contributed by atoms with Crippen LogP contribution < -0.4 is 5.32 Å². The molecule has 0 saturated heterocycles. The van der Waals surface area contributed by atoms with Gasteiger partial charge in [-0.3, -0.25) is 4.79 Å². The van der Waals surface area contributed by atoms with Gasteiger partial charge in [0.25, 0.3) is 0 Å². The van der Waals surface area contributed by atoms with Crippen molar-refractivity contribution >= 4 is 11.9 Å². The summed E-state index contributed by atoms with van der Waals surface area (Å²) in [5.41, 5.74) is 2.34. The Morgan fingerprint density at radius 3 is 2.67 bits per heavy atom. The predicted molar refractivity (Wildman–Crippen MR) is 72.4 cm³/mol. The third-order valence-electron chi connectivity index (χ3n) is 3.00. The number of carbonyl (C=O) groups is 2. The molecule has 7 nitrogen and oxygen atoms in total. The Balaban J connectivity index is 2.12. The zero-order valence-electron chi connectivity index (χ0n) is 11.7. The molecular weight excluding hydrogens is 274 g/mol. The van der Waals surface area contributed by atoms with Crippen LogP contribution >= 0.6 is 0 Å². The molecule has 0 aliphatic carbocycles. The Kier molecular flexibility index (Phi) is 4.32. The Morgan fingerprint density at radius 2 is 2.10 bits per heavy atom. The van der Waals surface area contributed by atoms with Gasteiger partial charge >= 0.3 is 5.97 Å². The van der Waals surface area contributed by atoms with Crippen LogP contribution in [0, 0.1) is 13.8 Å². The topological polar surface area (TPSA) is 105 Å². The van der Waals surface area contributed by atoms with Gasteiger partial charge in [-0.1, -0.05) is 40.1 Å². The van der Waals surface area contributed by atoms with Crippen LogP contribution in [-0.4, -0.2) is 27.3 Å². The molecule has 110 valence electrons. The Morgan fingerprint density at radius 1 is 1.33 bits per heavy atom. The number of aliphatic carboxylic acids is 1. The summed E-state index contributed by atoms with van der Waals surface area (Å²) in [5, 5.41) is 18.9. The predicted octanol–water partition coefficient (Wildman–Crippen LogP) is 1.17. The third kappa shape index (κ3) is 3.65. The van der Waals surface area contributed by atoms with Gasteiger partial charge in [0, 0.05) is 0 Å². The second-order valence-corrected chi connectivity index (χ2v) is 4.73. The number of carboxylic acids is 1. The number of aryl methyl sites for hydroxylation is 2. The summed E-state index contributed by atoms with van der Waals surface area (Å²) in [6, 6.07) is 5.89. The number of carboxylic acid groups (broad SMARTS) is 1. The van der Waals surface area contributed by atoms with Crippen LogP contribution in [0.2, 0.25) is 0 Å². The van der Waals surface area contributed by atoms with E-state index in [9.17, 15) is 14.7 Å². The summed E-state index contributed by atoms with van der Waals surface area (Å²) in [7, 11) is 0. The lowest BCUT2D eigenvalue weighted by Crippen LogP contribution is -2.34. The second-order valence-electron chi connectivity index (χ2n) is 4.73. The largest absolute Gasteiger partial charge is 0.479 e. The van der Waals surface area contributed by atoms with Gasteiger partial charge in [0.15, 0.2) is 6.04 Å². The second kappa shape index (κ2) is 6.17. The van der Waals surface area contributed by atoms with Crippen LogP contribution in [0.4, 0.5) is 0 Å². The fourth-order valence-corrected chi connectivity index (χ4v) is 1.91. The van der Waals surface area contributed by atoms with E-state index in [1.165, 1.54) is 0 Å². The van der Waals surface area contributed by atoms with E-state index in [4.69, 9.17) is 0 Å². The number of nitrogens with zero attached hydrogens (tertiary/aromatic N) is 2. The number of aromatic nitrogens is 2. The monoisotopic (exact) mass is 289 g/mol. The molecule has 0 saturated carbocycles. The summed E-state index contributed by atoms with van der Waals surface area (Å²) in [4.78, 5) is 23.3. The number of carbonyl (C=O) groups excluding carboxylic acids is 1. The molecule has 1 atom stereocenters. The van der Waals surface area contributed by atoms with Gasteiger partial charge in [-0.05, 0) is 19.4 Å². The van der Waals surface area contributed by atoms with Crippen LogP contribution in [0.5, 0.6) is 0 Å². The molecule has 1 heterocycles. The van der Waals surface area contributed by atoms with Crippen molar-refractivity contribution in [3.63, 3.8) is 0 Å². The minimum absolute atomic E-state index is 0.0784. The molecule has 0 spiro atoms. The Bertz CT molecular complexity index is 666. The van der Waals surface area contributed by atoms with E-state index in [2.05, 4.69) is 20.3 Å². The zero-order valence-corrected chi connectivity index (χ0v) is 11.7. The molecule has 0 fully saturated rings. The lowest BCUT2D eigenvalue weighted by Gasteiger charge is -2.15. The van der Waals surface area contributed by atoms with Crippen molar-refractivity contribution < 1.29 is 19.3 Å². The van der Waals surface area contributed by atoms with Gasteiger partial charge in [0.2, 0.25) is 5.91 Å². The van der Waals surface area contributed by atoms with Gasteiger partial charge in [-0.25, -0.2) is 9.42 Å². The maximum atomic E-state index is 12.0. The van der Waals surface area contributed by atoms with E-state index >= 15 is 0 Å². The molecule has 21 heavy (non-hydrogen) atoms. The summed E-state index contributed by atoms with van der Waals surface area (Å²) in [6.45, 7) is 3.52. The number of amides is 1. The SMILES string of the molecule is Cc1cccc(C(NC(=O)Cc2nonc2C)C(=O)O)c1. The first-order valence-corrected chi connectivity index (χ1v) is 6.34. The summed E-state index contributed by atoms with van der Waals surface area (Å²) < 4.78 is 4.50. The van der Waals surface area contributed by atoms with Gasteiger partial charge in [0.1, 0.15) is 11.4 Å². The van der Waals surface area contributed by atoms with Crippen molar-refractivity contribution in [1.29, 1.82) is 0 Å². The van der Waals surface area contributed by atoms with Crippen molar-refractivity contribution in [2.45, 2.75) is 26.3 Å². The quantitative estimate of drug-likeness (QED) is 0.856. The molecule has 2 rings (SSSR count). The molecule has 1 amide bonds. The van der Waals surface area contributed by atoms with Crippen molar-refractivity contribution in [2.24, 2.45) is 0 Å². The number of benzene rings is 1. The van der Waals surface area contributed by atoms with E-state index in [1.807, 2.05) is 13.0 Å². The molecular formula is C14H15N3O4. The van der Waals surface area contributed by atoms with Crippen LogP contribution in [0.15, 0.2) is 28.9 Å². The molecule has 1 aromatic carbocycles. The smallest absolute Gasteiger partial charge is 0.330 e. The maximum Gasteiger partial charge on any atom is 0.330 e. The van der Waals surface area contributed by atoms with Crippen LogP contribution in [-0.2, 0) is 16.0 Å². The summed E-state index contributed by atoms with van der Waals surface area (Å²) >= 11 is 0. The molecule has 0 radical (unpaired) electrons. The molecule has 2 aromatic rings. The first kappa shape index (κ1) is 14.7. The molecule has 0 aliphatic heterocycles. The van der Waals surface area contributed by atoms with Gasteiger partial charge in [0.05, 0.1) is 6.42 Å². The van der Waals surface area contributed by atoms with Crippen molar-refractivity contribution in [1.82, 2.24) is 15.6 Å². The third-order valence-corrected chi connectivity index (χ3v) is 3.00. The summed E-state index contributed by atoms with van der Waals surface area (Å²) in [5.74, 6) is -1.58. The highest BCUT2D eigenvalue weighted by molar-refractivity contribution is 5.85. The minimum atomic E-state index is -1.12. The first-order valence-electron chi connectivity index (χ1n) is 6.34. The minimum Gasteiger partial charge on any atom is -0.479 e. The van der Waals surface area contributed by atoms with Crippen LogP contribution in [0.3, 0.4) is 0 Å². The highest BCUT2D eigenvalue weighted by atomic mass is 16.6. The molecule has 1 aromatic heterocycles. The molecule has 7 heteroatoms. The number of rotatable bonds is 5. The average molecular weight is 289 g/mol. The highest BCUT2D eigenvalue weighted by Crippen LogP contribution is 2.15. The van der Waals surface area contributed by atoms with E-state index in [0.29, 0.717) is 17.0 Å². The van der Waals surface area contributed by atoms with Crippen molar-refractivity contribution in [3.8, 4) is 0 Å². The molecule has 0 bridgehead atoms. The van der Waals surface area contributed by atoms with E-state index in [0.717, 1.165) is 5.56 Å². The van der Waals surface area contributed by atoms with E-state index < -0.39 is 17.9 Å². The Labute approximate surface area is 120 Å². The summed E-state index contributed by atoms with van der Waals surface area (Å²) in [6.07, 6.45) is -0.0784. The lowest BCUT2D eigenvalue weighted by atomic mass is 10.0. The standard InChI is InChI=1S/C14H15N3O4/c1-8-4-3-5-10(6-8)13(14(19)20)15-12(18)7-11-9(2)16-21-17-11/h3-6,13H,7H2,1-2H3,(H,15,18)(H,19,20). The van der Waals surface area contributed by atoms with E-state index in [-0.39, 0.29) is 6.42 Å². The zero-order chi connectivity index (χ0) is 15.4. The highest BCUT2D eigenvalue weighted by Gasteiger charge is 2.23. The lowest BCUT2D eigenvalue weighted by molar-refractivity contribution is -0.142. The van der Waals surface area contributed by atoms with Crippen molar-refractivity contribution in [3.05, 3.63) is 46.8 Å².